The van der Waals surface area contributed by atoms with Crippen molar-refractivity contribution in [1.29, 1.82) is 0 Å². The van der Waals surface area contributed by atoms with Crippen LogP contribution in [0.5, 0.6) is 0 Å². The fourth-order valence-corrected chi connectivity index (χ4v) is 5.45. The van der Waals surface area contributed by atoms with Gasteiger partial charge < -0.3 is 18.9 Å². The number of fused-ring (bicyclic) bond motifs is 1. The van der Waals surface area contributed by atoms with Crippen LogP contribution in [0.15, 0.2) is 12.5 Å². The minimum absolute atomic E-state index is 0.221. The van der Waals surface area contributed by atoms with Crippen LogP contribution in [0.3, 0.4) is 0 Å². The second-order valence-electron chi connectivity index (χ2n) is 9.48. The maximum Gasteiger partial charge on any atom is 0.410 e. The third-order valence-corrected chi connectivity index (χ3v) is 6.90. The van der Waals surface area contributed by atoms with Crippen molar-refractivity contribution in [3.05, 3.63) is 21.8 Å². The molecular formula is C22H31IN4O3. The van der Waals surface area contributed by atoms with Gasteiger partial charge in [0.25, 0.3) is 0 Å². The second-order valence-corrected chi connectivity index (χ2v) is 10.6. The van der Waals surface area contributed by atoms with Crippen LogP contribution in [-0.2, 0) is 9.47 Å². The second kappa shape index (κ2) is 8.61. The number of amides is 1. The number of rotatable bonds is 2. The molecule has 0 N–H and O–H groups in total. The minimum Gasteiger partial charge on any atom is -0.444 e. The summed E-state index contributed by atoms with van der Waals surface area (Å²) in [4.78, 5) is 23.8. The topological polar surface area (TPSA) is 69.5 Å². The molecule has 0 aliphatic carbocycles. The number of nitrogens with zero attached hydrogens (tertiary/aromatic N) is 4. The average molecular weight is 526 g/mol. The molecule has 2 aliphatic rings. The first kappa shape index (κ1) is 21.8. The summed E-state index contributed by atoms with van der Waals surface area (Å²) >= 11 is 2.42. The minimum atomic E-state index is -0.473. The molecule has 0 radical (unpaired) electrons. The van der Waals surface area contributed by atoms with Crippen LogP contribution in [0.4, 0.5) is 4.79 Å². The van der Waals surface area contributed by atoms with Crippen molar-refractivity contribution < 1.29 is 14.3 Å². The van der Waals surface area contributed by atoms with E-state index in [9.17, 15) is 4.79 Å². The third kappa shape index (κ3) is 4.44. The van der Waals surface area contributed by atoms with Gasteiger partial charge in [-0.3, -0.25) is 0 Å². The Morgan fingerprint density at radius 2 is 1.97 bits per heavy atom. The molecule has 0 aromatic carbocycles. The molecular weight excluding hydrogens is 495 g/mol. The summed E-state index contributed by atoms with van der Waals surface area (Å²) in [5, 5.41) is 1.17. The summed E-state index contributed by atoms with van der Waals surface area (Å²) in [5.74, 6) is 0.597. The molecule has 30 heavy (non-hydrogen) atoms. The van der Waals surface area contributed by atoms with Gasteiger partial charge in [-0.2, -0.15) is 0 Å². The van der Waals surface area contributed by atoms with E-state index in [1.54, 1.807) is 6.33 Å². The van der Waals surface area contributed by atoms with Gasteiger partial charge in [0.1, 0.15) is 17.6 Å². The monoisotopic (exact) mass is 526 g/mol. The number of hydrogen-bond acceptors (Lipinski definition) is 5. The molecule has 7 nitrogen and oxygen atoms in total. The van der Waals surface area contributed by atoms with Crippen LogP contribution in [0.25, 0.3) is 11.0 Å². The number of carbonyl (C=O) groups excluding carboxylic acids is 1. The SMILES string of the molecule is C[C@H]1CN(C(=O)OC(C)(C)C)CCC1c1ncnc2c1c(I)cn2C1CCOCC1. The van der Waals surface area contributed by atoms with Crippen molar-refractivity contribution in [1.82, 2.24) is 19.4 Å². The van der Waals surface area contributed by atoms with E-state index in [4.69, 9.17) is 14.5 Å². The van der Waals surface area contributed by atoms with Crippen LogP contribution in [0, 0.1) is 9.49 Å². The molecule has 0 bridgehead atoms. The lowest BCUT2D eigenvalue weighted by molar-refractivity contribution is 0.0154. The summed E-state index contributed by atoms with van der Waals surface area (Å²) < 4.78 is 14.6. The molecule has 2 fully saturated rings. The van der Waals surface area contributed by atoms with E-state index in [0.29, 0.717) is 31.0 Å². The average Bonchev–Trinajstić information content (AvgIpc) is 3.04. The van der Waals surface area contributed by atoms with Gasteiger partial charge in [-0.15, -0.1) is 0 Å². The van der Waals surface area contributed by atoms with Crippen LogP contribution >= 0.6 is 22.6 Å². The van der Waals surface area contributed by atoms with Crippen molar-refractivity contribution >= 4 is 39.7 Å². The molecule has 4 heterocycles. The number of halogens is 1. The fourth-order valence-electron chi connectivity index (χ4n) is 4.63. The maximum atomic E-state index is 12.5. The molecule has 2 saturated heterocycles. The highest BCUT2D eigenvalue weighted by molar-refractivity contribution is 14.1. The molecule has 2 atom stereocenters. The first-order valence-electron chi connectivity index (χ1n) is 10.8. The van der Waals surface area contributed by atoms with Gasteiger partial charge in [-0.05, 0) is 68.5 Å². The van der Waals surface area contributed by atoms with Crippen LogP contribution in [-0.4, -0.2) is 57.4 Å². The van der Waals surface area contributed by atoms with Gasteiger partial charge in [0.15, 0.2) is 0 Å². The third-order valence-electron chi connectivity index (χ3n) is 6.08. The number of hydrogen-bond donors (Lipinski definition) is 0. The van der Waals surface area contributed by atoms with Crippen molar-refractivity contribution in [2.24, 2.45) is 5.92 Å². The number of carbonyl (C=O) groups is 1. The Kier molecular flexibility index (Phi) is 6.25. The predicted molar refractivity (Wildman–Crippen MR) is 124 cm³/mol. The van der Waals surface area contributed by atoms with E-state index in [1.165, 1.54) is 8.96 Å². The molecule has 0 spiro atoms. The van der Waals surface area contributed by atoms with E-state index >= 15 is 0 Å². The Morgan fingerprint density at radius 1 is 1.23 bits per heavy atom. The highest BCUT2D eigenvalue weighted by atomic mass is 127. The number of aromatic nitrogens is 3. The molecule has 164 valence electrons. The number of piperidine rings is 1. The van der Waals surface area contributed by atoms with Crippen molar-refractivity contribution in [3.63, 3.8) is 0 Å². The molecule has 0 saturated carbocycles. The zero-order valence-corrected chi connectivity index (χ0v) is 20.4. The molecule has 1 unspecified atom stereocenters. The lowest BCUT2D eigenvalue weighted by atomic mass is 9.83. The van der Waals surface area contributed by atoms with Gasteiger partial charge in [-0.1, -0.05) is 6.92 Å². The van der Waals surface area contributed by atoms with Crippen LogP contribution in [0.1, 0.15) is 64.6 Å². The Morgan fingerprint density at radius 3 is 2.63 bits per heavy atom. The number of ether oxygens (including phenoxy) is 2. The summed E-state index contributed by atoms with van der Waals surface area (Å²) in [5.41, 5.74) is 1.67. The van der Waals surface area contributed by atoms with E-state index in [-0.39, 0.29) is 6.09 Å². The van der Waals surface area contributed by atoms with Crippen LogP contribution < -0.4 is 0 Å². The Balaban J connectivity index is 1.58. The van der Waals surface area contributed by atoms with Gasteiger partial charge in [0.2, 0.25) is 0 Å². The largest absolute Gasteiger partial charge is 0.444 e. The van der Waals surface area contributed by atoms with Gasteiger partial charge >= 0.3 is 6.09 Å². The van der Waals surface area contributed by atoms with Gasteiger partial charge in [-0.25, -0.2) is 14.8 Å². The van der Waals surface area contributed by atoms with Gasteiger partial charge in [0, 0.05) is 48.0 Å². The zero-order valence-electron chi connectivity index (χ0n) is 18.2. The molecule has 8 heteroatoms. The zero-order chi connectivity index (χ0) is 21.5. The Bertz CT molecular complexity index is 917. The summed E-state index contributed by atoms with van der Waals surface area (Å²) in [7, 11) is 0. The molecule has 1 amide bonds. The van der Waals surface area contributed by atoms with Gasteiger partial charge in [0.05, 0.1) is 11.1 Å². The summed E-state index contributed by atoms with van der Waals surface area (Å²) in [6.07, 6.45) is 6.62. The molecule has 2 aliphatic heterocycles. The highest BCUT2D eigenvalue weighted by Gasteiger charge is 2.34. The van der Waals surface area contributed by atoms with E-state index in [2.05, 4.69) is 45.3 Å². The lowest BCUT2D eigenvalue weighted by Gasteiger charge is -2.37. The highest BCUT2D eigenvalue weighted by Crippen LogP contribution is 2.38. The summed E-state index contributed by atoms with van der Waals surface area (Å²) in [6.45, 7) is 10.9. The predicted octanol–water partition coefficient (Wildman–Crippen LogP) is 4.75. The van der Waals surface area contributed by atoms with E-state index in [0.717, 1.165) is 43.8 Å². The quantitative estimate of drug-likeness (QED) is 0.529. The fraction of sp³-hybridized carbons (Fsp3) is 0.682. The Labute approximate surface area is 191 Å². The van der Waals surface area contributed by atoms with Crippen molar-refractivity contribution in [3.8, 4) is 0 Å². The number of likely N-dealkylation sites (tertiary alicyclic amines) is 1. The molecule has 4 rings (SSSR count). The molecule has 2 aromatic heterocycles. The maximum absolute atomic E-state index is 12.5. The first-order chi connectivity index (χ1) is 14.2. The Hall–Kier alpha value is -1.42. The van der Waals surface area contributed by atoms with Crippen molar-refractivity contribution in [2.75, 3.05) is 26.3 Å². The van der Waals surface area contributed by atoms with E-state index < -0.39 is 5.60 Å². The summed E-state index contributed by atoms with van der Waals surface area (Å²) in [6, 6.07) is 0.430. The van der Waals surface area contributed by atoms with E-state index in [1.807, 2.05) is 25.7 Å². The van der Waals surface area contributed by atoms with Crippen LogP contribution in [0.2, 0.25) is 0 Å². The molecule has 2 aromatic rings. The lowest BCUT2D eigenvalue weighted by Crippen LogP contribution is -2.44. The normalized spacial score (nSPS) is 23.7. The smallest absolute Gasteiger partial charge is 0.410 e. The standard InChI is InChI=1S/C22H31IN4O3/c1-14-11-26(21(28)30-22(2,3)4)8-5-16(14)19-18-17(23)12-27(20(18)25-13-24-19)15-6-9-29-10-7-15/h12-16H,5-11H2,1-4H3/t14-,16?/m0/s1. The first-order valence-corrected chi connectivity index (χ1v) is 11.9. The van der Waals surface area contributed by atoms with Crippen molar-refractivity contribution in [2.45, 2.75) is 64.5 Å².